The molecular weight excluding hydrogens is 396 g/mol. The molecular formula is C20H26N2O4S2. The maximum Gasteiger partial charge on any atom is 0.262 e. The monoisotopic (exact) mass is 422 g/mol. The Labute approximate surface area is 167 Å². The Morgan fingerprint density at radius 2 is 1.32 bits per heavy atom. The van der Waals surface area contributed by atoms with Crippen LogP contribution in [0.4, 0.5) is 5.69 Å². The Hall–Kier alpha value is -1.90. The molecule has 0 atom stereocenters. The van der Waals surface area contributed by atoms with Crippen LogP contribution in [0, 0.1) is 27.7 Å². The quantitative estimate of drug-likeness (QED) is 0.799. The lowest BCUT2D eigenvalue weighted by molar-refractivity contribution is 0.477. The summed E-state index contributed by atoms with van der Waals surface area (Å²) in [7, 11) is -7.31. The normalized spacial score (nSPS) is 15.7. The first-order chi connectivity index (χ1) is 13.0. The predicted octanol–water partition coefficient (Wildman–Crippen LogP) is 3.51. The number of aryl methyl sites for hydroxylation is 2. The van der Waals surface area contributed by atoms with Gasteiger partial charge in [0.05, 0.1) is 9.79 Å². The van der Waals surface area contributed by atoms with Crippen LogP contribution in [-0.4, -0.2) is 34.2 Å². The van der Waals surface area contributed by atoms with Gasteiger partial charge in [-0.2, -0.15) is 4.31 Å². The number of anilines is 1. The van der Waals surface area contributed by atoms with Crippen molar-refractivity contribution in [2.45, 2.75) is 50.3 Å². The van der Waals surface area contributed by atoms with Crippen LogP contribution in [-0.2, 0) is 20.0 Å². The third kappa shape index (κ3) is 3.81. The zero-order chi connectivity index (χ0) is 20.7. The molecule has 0 radical (unpaired) electrons. The third-order valence-corrected chi connectivity index (χ3v) is 8.94. The molecule has 2 aromatic rings. The van der Waals surface area contributed by atoms with E-state index < -0.39 is 20.0 Å². The molecule has 1 heterocycles. The molecule has 1 N–H and O–H groups in total. The fraction of sp³-hybridized carbons (Fsp3) is 0.400. The van der Waals surface area contributed by atoms with E-state index in [9.17, 15) is 16.8 Å². The molecule has 0 spiro atoms. The molecule has 0 saturated carbocycles. The Morgan fingerprint density at radius 1 is 0.821 bits per heavy atom. The molecule has 152 valence electrons. The van der Waals surface area contributed by atoms with Crippen LogP contribution >= 0.6 is 0 Å². The second-order valence-corrected chi connectivity index (χ2v) is 10.9. The molecule has 28 heavy (non-hydrogen) atoms. The standard InChI is InChI=1S/C20H26N2O4S2/c1-14-13-15(2)17(4)20(16(14)3)27(23,24)21-18-7-9-19(10-8-18)28(25,26)22-11-5-6-12-22/h7-10,13,21H,5-6,11-12H2,1-4H3. The molecule has 0 amide bonds. The lowest BCUT2D eigenvalue weighted by Gasteiger charge is -2.18. The zero-order valence-corrected chi connectivity index (χ0v) is 18.2. The number of nitrogens with one attached hydrogen (secondary N) is 1. The summed E-state index contributed by atoms with van der Waals surface area (Å²) in [5, 5.41) is 0. The summed E-state index contributed by atoms with van der Waals surface area (Å²) in [6.07, 6.45) is 1.73. The molecule has 3 rings (SSSR count). The summed E-state index contributed by atoms with van der Waals surface area (Å²) in [5.41, 5.74) is 3.58. The fourth-order valence-electron chi connectivity index (χ4n) is 3.56. The van der Waals surface area contributed by atoms with E-state index in [2.05, 4.69) is 4.72 Å². The summed E-state index contributed by atoms with van der Waals surface area (Å²) < 4.78 is 55.3. The van der Waals surface area contributed by atoms with E-state index >= 15 is 0 Å². The van der Waals surface area contributed by atoms with Gasteiger partial charge in [-0.1, -0.05) is 6.07 Å². The maximum atomic E-state index is 13.0. The van der Waals surface area contributed by atoms with E-state index in [-0.39, 0.29) is 9.79 Å². The van der Waals surface area contributed by atoms with Crippen molar-refractivity contribution in [1.29, 1.82) is 0 Å². The highest BCUT2D eigenvalue weighted by atomic mass is 32.2. The van der Waals surface area contributed by atoms with Crippen molar-refractivity contribution in [3.05, 3.63) is 52.6 Å². The van der Waals surface area contributed by atoms with Crippen LogP contribution < -0.4 is 4.72 Å². The second-order valence-electron chi connectivity index (χ2n) is 7.33. The minimum absolute atomic E-state index is 0.177. The highest BCUT2D eigenvalue weighted by molar-refractivity contribution is 7.92. The first-order valence-corrected chi connectivity index (χ1v) is 12.2. The first-order valence-electron chi connectivity index (χ1n) is 9.24. The van der Waals surface area contributed by atoms with Crippen LogP contribution in [0.2, 0.25) is 0 Å². The molecule has 1 aliphatic heterocycles. The van der Waals surface area contributed by atoms with Gasteiger partial charge in [0.1, 0.15) is 0 Å². The van der Waals surface area contributed by atoms with E-state index in [4.69, 9.17) is 0 Å². The van der Waals surface area contributed by atoms with Crippen molar-refractivity contribution in [3.63, 3.8) is 0 Å². The number of benzene rings is 2. The Bertz CT molecular complexity index is 1070. The van der Waals surface area contributed by atoms with Crippen LogP contribution in [0.25, 0.3) is 0 Å². The van der Waals surface area contributed by atoms with Gasteiger partial charge >= 0.3 is 0 Å². The van der Waals surface area contributed by atoms with Gasteiger partial charge in [-0.15, -0.1) is 0 Å². The van der Waals surface area contributed by atoms with Crippen LogP contribution in [0.1, 0.15) is 35.1 Å². The fourth-order valence-corrected chi connectivity index (χ4v) is 6.76. The van der Waals surface area contributed by atoms with Crippen molar-refractivity contribution in [2.75, 3.05) is 17.8 Å². The number of sulfonamides is 2. The SMILES string of the molecule is Cc1cc(C)c(C)c(S(=O)(=O)Nc2ccc(S(=O)(=O)N3CCCC3)cc2)c1C. The highest BCUT2D eigenvalue weighted by Gasteiger charge is 2.27. The minimum Gasteiger partial charge on any atom is -0.280 e. The molecule has 0 unspecified atom stereocenters. The van der Waals surface area contributed by atoms with Crippen molar-refractivity contribution >= 4 is 25.7 Å². The minimum atomic E-state index is -3.79. The molecule has 8 heteroatoms. The van der Waals surface area contributed by atoms with Crippen LogP contribution in [0.15, 0.2) is 40.1 Å². The van der Waals surface area contributed by atoms with Gasteiger partial charge in [0.25, 0.3) is 10.0 Å². The van der Waals surface area contributed by atoms with E-state index in [1.165, 1.54) is 28.6 Å². The van der Waals surface area contributed by atoms with Gasteiger partial charge in [0.2, 0.25) is 10.0 Å². The largest absolute Gasteiger partial charge is 0.280 e. The summed E-state index contributed by atoms with van der Waals surface area (Å²) >= 11 is 0. The van der Waals surface area contributed by atoms with E-state index in [0.717, 1.165) is 24.0 Å². The molecule has 2 aromatic carbocycles. The summed E-state index contributed by atoms with van der Waals surface area (Å²) in [5.74, 6) is 0. The van der Waals surface area contributed by atoms with E-state index in [0.29, 0.717) is 29.9 Å². The summed E-state index contributed by atoms with van der Waals surface area (Å²) in [6, 6.07) is 7.86. The Morgan fingerprint density at radius 3 is 1.82 bits per heavy atom. The lowest BCUT2D eigenvalue weighted by Crippen LogP contribution is -2.27. The van der Waals surface area contributed by atoms with Gasteiger partial charge in [0, 0.05) is 18.8 Å². The predicted molar refractivity (Wildman–Crippen MR) is 111 cm³/mol. The van der Waals surface area contributed by atoms with Gasteiger partial charge in [-0.25, -0.2) is 16.8 Å². The Kier molecular flexibility index (Phi) is 5.58. The topological polar surface area (TPSA) is 83.5 Å². The summed E-state index contributed by atoms with van der Waals surface area (Å²) in [6.45, 7) is 8.42. The summed E-state index contributed by atoms with van der Waals surface area (Å²) in [4.78, 5) is 0.454. The van der Waals surface area contributed by atoms with E-state index in [1.807, 2.05) is 19.9 Å². The molecule has 0 aliphatic carbocycles. The average molecular weight is 423 g/mol. The molecule has 6 nitrogen and oxygen atoms in total. The number of rotatable bonds is 5. The first kappa shape index (κ1) is 20.8. The van der Waals surface area contributed by atoms with E-state index in [1.54, 1.807) is 13.8 Å². The molecule has 0 aromatic heterocycles. The van der Waals surface area contributed by atoms with Crippen molar-refractivity contribution in [3.8, 4) is 0 Å². The molecule has 1 saturated heterocycles. The Balaban J connectivity index is 1.90. The number of nitrogens with zero attached hydrogens (tertiary/aromatic N) is 1. The molecule has 1 fully saturated rings. The third-order valence-electron chi connectivity index (χ3n) is 5.38. The smallest absolute Gasteiger partial charge is 0.262 e. The maximum absolute atomic E-state index is 13.0. The van der Waals surface area contributed by atoms with Crippen LogP contribution in [0.3, 0.4) is 0 Å². The molecule has 0 bridgehead atoms. The van der Waals surface area contributed by atoms with Crippen molar-refractivity contribution in [2.24, 2.45) is 0 Å². The average Bonchev–Trinajstić information content (AvgIpc) is 3.15. The van der Waals surface area contributed by atoms with Gasteiger partial charge < -0.3 is 0 Å². The second kappa shape index (κ2) is 7.50. The van der Waals surface area contributed by atoms with Gasteiger partial charge in [0.15, 0.2) is 0 Å². The zero-order valence-electron chi connectivity index (χ0n) is 16.6. The lowest BCUT2D eigenvalue weighted by atomic mass is 10.0. The highest BCUT2D eigenvalue weighted by Crippen LogP contribution is 2.28. The number of hydrogen-bond acceptors (Lipinski definition) is 4. The van der Waals surface area contributed by atoms with Crippen molar-refractivity contribution < 1.29 is 16.8 Å². The molecule has 1 aliphatic rings. The number of hydrogen-bond donors (Lipinski definition) is 1. The van der Waals surface area contributed by atoms with Crippen molar-refractivity contribution in [1.82, 2.24) is 4.31 Å². The van der Waals surface area contributed by atoms with Gasteiger partial charge in [-0.05, 0) is 87.1 Å². The van der Waals surface area contributed by atoms with Crippen LogP contribution in [0.5, 0.6) is 0 Å². The van der Waals surface area contributed by atoms with Gasteiger partial charge in [-0.3, -0.25) is 4.72 Å².